The minimum Gasteiger partial charge on any atom is -0.377 e. The van der Waals surface area contributed by atoms with Gasteiger partial charge in [-0.15, -0.1) is 0 Å². The molecule has 0 spiro atoms. The van der Waals surface area contributed by atoms with E-state index in [2.05, 4.69) is 44.4 Å². The summed E-state index contributed by atoms with van der Waals surface area (Å²) in [6.07, 6.45) is 19.4. The van der Waals surface area contributed by atoms with Crippen LogP contribution in [0, 0.1) is 0 Å². The third-order valence-electron chi connectivity index (χ3n) is 8.91. The molecule has 5 rings (SSSR count). The number of likely N-dealkylation sites (tertiary alicyclic amines) is 2. The molecule has 5 nitrogen and oxygen atoms in total. The van der Waals surface area contributed by atoms with Gasteiger partial charge in [0.1, 0.15) is 0 Å². The Bertz CT molecular complexity index is 714. The molecule has 5 heteroatoms. The van der Waals surface area contributed by atoms with Crippen LogP contribution in [0.4, 0.5) is 0 Å². The van der Waals surface area contributed by atoms with Crippen molar-refractivity contribution in [3.05, 3.63) is 36.0 Å². The van der Waals surface area contributed by atoms with Crippen LogP contribution in [0.25, 0.3) is 0 Å². The molecule has 0 amide bonds. The topological polar surface area (TPSA) is 22.2 Å². The lowest BCUT2D eigenvalue weighted by Crippen LogP contribution is -2.55. The summed E-state index contributed by atoms with van der Waals surface area (Å²) in [6.45, 7) is 17.4. The van der Waals surface area contributed by atoms with Crippen molar-refractivity contribution in [3.63, 3.8) is 0 Å². The van der Waals surface area contributed by atoms with Gasteiger partial charge < -0.3 is 14.5 Å². The van der Waals surface area contributed by atoms with Gasteiger partial charge in [-0.3, -0.25) is 9.80 Å². The van der Waals surface area contributed by atoms with Crippen LogP contribution in [0.3, 0.4) is 0 Å². The van der Waals surface area contributed by atoms with Gasteiger partial charge in [-0.25, -0.2) is 0 Å². The number of hydrogen-bond donors (Lipinski definition) is 0. The number of ether oxygens (including phenoxy) is 1. The molecule has 0 aromatic carbocycles. The fourth-order valence-electron chi connectivity index (χ4n) is 6.88. The van der Waals surface area contributed by atoms with Crippen LogP contribution in [0.5, 0.6) is 0 Å². The molecule has 4 fully saturated rings. The molecular weight excluding hydrogens is 420 g/mol. The monoisotopic (exact) mass is 468 g/mol. The first kappa shape index (κ1) is 24.7. The van der Waals surface area contributed by atoms with Crippen LogP contribution in [-0.2, 0) is 4.74 Å². The predicted molar refractivity (Wildman–Crippen MR) is 141 cm³/mol. The highest BCUT2D eigenvalue weighted by molar-refractivity contribution is 5.38. The van der Waals surface area contributed by atoms with Crippen molar-refractivity contribution < 1.29 is 4.74 Å². The van der Waals surface area contributed by atoms with Crippen LogP contribution in [0.1, 0.15) is 57.8 Å². The summed E-state index contributed by atoms with van der Waals surface area (Å²) < 4.78 is 5.91. The van der Waals surface area contributed by atoms with Crippen molar-refractivity contribution in [1.82, 2.24) is 19.6 Å². The molecule has 0 N–H and O–H groups in total. The van der Waals surface area contributed by atoms with E-state index in [4.69, 9.17) is 4.74 Å². The Balaban J connectivity index is 1.19. The summed E-state index contributed by atoms with van der Waals surface area (Å²) in [5.74, 6) is 0. The van der Waals surface area contributed by atoms with E-state index in [1.165, 1.54) is 121 Å². The Kier molecular flexibility index (Phi) is 8.95. The molecule has 0 radical (unpaired) electrons. The van der Waals surface area contributed by atoms with Crippen LogP contribution < -0.4 is 0 Å². The third kappa shape index (κ3) is 6.61. The Morgan fingerprint density at radius 3 is 2.47 bits per heavy atom. The maximum absolute atomic E-state index is 5.91. The average Bonchev–Trinajstić information content (AvgIpc) is 3.27. The molecule has 0 aromatic heterocycles. The van der Waals surface area contributed by atoms with Gasteiger partial charge in [-0.05, 0) is 83.1 Å². The predicted octanol–water partition coefficient (Wildman–Crippen LogP) is 3.93. The summed E-state index contributed by atoms with van der Waals surface area (Å²) in [7, 11) is 0. The van der Waals surface area contributed by atoms with Crippen molar-refractivity contribution in [2.45, 2.75) is 76.0 Å². The van der Waals surface area contributed by atoms with Crippen molar-refractivity contribution in [2.24, 2.45) is 0 Å². The van der Waals surface area contributed by atoms with E-state index in [1.54, 1.807) is 0 Å². The molecule has 3 atom stereocenters. The SMILES string of the molecule is C=C1C=C(C(CN2CCCC(N3CCCCC3)CC2)N2CCN(CC3CCCO3)CC2)C=CC1. The first-order valence-corrected chi connectivity index (χ1v) is 14.3. The van der Waals surface area contributed by atoms with Gasteiger partial charge >= 0.3 is 0 Å². The summed E-state index contributed by atoms with van der Waals surface area (Å²) >= 11 is 0. The van der Waals surface area contributed by atoms with Crippen molar-refractivity contribution in [1.29, 1.82) is 0 Å². The molecule has 4 aliphatic heterocycles. The molecular formula is C29H48N4O. The van der Waals surface area contributed by atoms with Crippen molar-refractivity contribution in [3.8, 4) is 0 Å². The largest absolute Gasteiger partial charge is 0.377 e. The van der Waals surface area contributed by atoms with Gasteiger partial charge in [0, 0.05) is 58.0 Å². The molecule has 190 valence electrons. The van der Waals surface area contributed by atoms with Crippen LogP contribution in [0.2, 0.25) is 0 Å². The summed E-state index contributed by atoms with van der Waals surface area (Å²) in [6, 6.07) is 1.31. The number of nitrogens with zero attached hydrogens (tertiary/aromatic N) is 4. The number of rotatable bonds is 7. The van der Waals surface area contributed by atoms with Gasteiger partial charge in [-0.1, -0.05) is 36.8 Å². The maximum Gasteiger partial charge on any atom is 0.0702 e. The first-order valence-electron chi connectivity index (χ1n) is 14.3. The smallest absolute Gasteiger partial charge is 0.0702 e. The Labute approximate surface area is 208 Å². The van der Waals surface area contributed by atoms with Gasteiger partial charge in [0.15, 0.2) is 0 Å². The zero-order valence-electron chi connectivity index (χ0n) is 21.5. The number of piperidine rings is 1. The molecule has 0 saturated carbocycles. The molecule has 3 unspecified atom stereocenters. The zero-order valence-corrected chi connectivity index (χ0v) is 21.5. The molecule has 1 aliphatic carbocycles. The Hall–Kier alpha value is -0.980. The highest BCUT2D eigenvalue weighted by atomic mass is 16.5. The van der Waals surface area contributed by atoms with Crippen molar-refractivity contribution in [2.75, 3.05) is 72.1 Å². The molecule has 5 aliphatic rings. The first-order chi connectivity index (χ1) is 16.7. The summed E-state index contributed by atoms with van der Waals surface area (Å²) in [5.41, 5.74) is 2.75. The van der Waals surface area contributed by atoms with Gasteiger partial charge in [0.25, 0.3) is 0 Å². The Morgan fingerprint density at radius 1 is 0.853 bits per heavy atom. The lowest BCUT2D eigenvalue weighted by Gasteiger charge is -2.42. The van der Waals surface area contributed by atoms with Crippen LogP contribution >= 0.6 is 0 Å². The molecule has 4 saturated heterocycles. The van der Waals surface area contributed by atoms with Gasteiger partial charge in [0.2, 0.25) is 0 Å². The fraction of sp³-hybridized carbons (Fsp3) is 0.793. The van der Waals surface area contributed by atoms with E-state index >= 15 is 0 Å². The summed E-state index contributed by atoms with van der Waals surface area (Å²) in [5, 5.41) is 0. The minimum atomic E-state index is 0.472. The highest BCUT2D eigenvalue weighted by Crippen LogP contribution is 2.26. The zero-order chi connectivity index (χ0) is 23.2. The molecule has 4 heterocycles. The van der Waals surface area contributed by atoms with E-state index in [9.17, 15) is 0 Å². The second kappa shape index (κ2) is 12.3. The van der Waals surface area contributed by atoms with E-state index in [1.807, 2.05) is 0 Å². The van der Waals surface area contributed by atoms with Crippen LogP contribution in [0.15, 0.2) is 36.0 Å². The summed E-state index contributed by atoms with van der Waals surface area (Å²) in [4.78, 5) is 11.0. The average molecular weight is 469 g/mol. The van der Waals surface area contributed by atoms with Gasteiger partial charge in [-0.2, -0.15) is 0 Å². The third-order valence-corrected chi connectivity index (χ3v) is 8.91. The van der Waals surface area contributed by atoms with Gasteiger partial charge in [0.05, 0.1) is 6.10 Å². The lowest BCUT2D eigenvalue weighted by molar-refractivity contribution is 0.0396. The van der Waals surface area contributed by atoms with E-state index in [-0.39, 0.29) is 0 Å². The second-order valence-corrected chi connectivity index (χ2v) is 11.4. The molecule has 0 aromatic rings. The van der Waals surface area contributed by atoms with E-state index < -0.39 is 0 Å². The number of hydrogen-bond acceptors (Lipinski definition) is 5. The highest BCUT2D eigenvalue weighted by Gasteiger charge is 2.31. The standard InChI is InChI=1S/C29H48N4O/c1-25-8-5-9-26(22-25)29(33-19-17-31(18-20-33)23-28-11-7-21-34-28)24-30-13-6-10-27(12-16-30)32-14-3-2-4-15-32/h5,9,22,27-29H,1-4,6-8,10-21,23-24H2. The minimum absolute atomic E-state index is 0.472. The fourth-order valence-corrected chi connectivity index (χ4v) is 6.88. The van der Waals surface area contributed by atoms with Crippen molar-refractivity contribution >= 4 is 0 Å². The molecule has 34 heavy (non-hydrogen) atoms. The Morgan fingerprint density at radius 2 is 1.71 bits per heavy atom. The second-order valence-electron chi connectivity index (χ2n) is 11.4. The molecule has 0 bridgehead atoms. The maximum atomic E-state index is 5.91. The van der Waals surface area contributed by atoms with E-state index in [0.717, 1.165) is 25.6 Å². The van der Waals surface area contributed by atoms with E-state index in [0.29, 0.717) is 12.1 Å². The number of piperazine rings is 1. The normalized spacial score (nSPS) is 32.0. The quantitative estimate of drug-likeness (QED) is 0.563. The lowest BCUT2D eigenvalue weighted by atomic mass is 9.95. The number of allylic oxidation sites excluding steroid dienone is 3. The van der Waals surface area contributed by atoms with Crippen LogP contribution in [-0.4, -0.2) is 110 Å².